The Morgan fingerprint density at radius 1 is 0.917 bits per heavy atom. The molecule has 12 heavy (non-hydrogen) atoms. The van der Waals surface area contributed by atoms with Gasteiger partial charge < -0.3 is 9.64 Å². The molecule has 1 fully saturated rings. The lowest BCUT2D eigenvalue weighted by atomic mass is 10.5. The van der Waals surface area contributed by atoms with Crippen LogP contribution >= 0.6 is 0 Å². The van der Waals surface area contributed by atoms with Crippen molar-refractivity contribution in [3.63, 3.8) is 0 Å². The van der Waals surface area contributed by atoms with E-state index in [-0.39, 0.29) is 7.43 Å². The zero-order chi connectivity index (χ0) is 9.11. The third-order valence-corrected chi connectivity index (χ3v) is 1.23. The highest BCUT2D eigenvalue weighted by Gasteiger charge is 2.02. The second-order valence-electron chi connectivity index (χ2n) is 1.92. The topological polar surface area (TPSA) is 12.5 Å². The van der Waals surface area contributed by atoms with Crippen molar-refractivity contribution in [2.75, 3.05) is 33.4 Å². The summed E-state index contributed by atoms with van der Waals surface area (Å²) in [4.78, 5) is 2.27. The van der Waals surface area contributed by atoms with Crippen LogP contribution < -0.4 is 0 Å². The molecular weight excluding hydrogens is 150 g/mol. The molecular formula is C10H27NO. The number of morpholine rings is 1. The van der Waals surface area contributed by atoms with Crippen LogP contribution in [0.15, 0.2) is 0 Å². The first-order valence-electron chi connectivity index (χ1n) is 4.66. The maximum Gasteiger partial charge on any atom is 0.0594 e. The Morgan fingerprint density at radius 2 is 1.25 bits per heavy atom. The van der Waals surface area contributed by atoms with Crippen molar-refractivity contribution in [1.82, 2.24) is 4.90 Å². The molecule has 0 N–H and O–H groups in total. The summed E-state index contributed by atoms with van der Waals surface area (Å²) in [5.41, 5.74) is 0. The predicted octanol–water partition coefficient (Wildman–Crippen LogP) is 2.64. The monoisotopic (exact) mass is 177 g/mol. The molecule has 0 atom stereocenters. The van der Waals surface area contributed by atoms with Crippen molar-refractivity contribution in [2.24, 2.45) is 0 Å². The molecule has 0 unspecified atom stereocenters. The van der Waals surface area contributed by atoms with Crippen LogP contribution in [0.3, 0.4) is 0 Å². The average molecular weight is 177 g/mol. The average Bonchev–Trinajstić information content (AvgIpc) is 2.13. The molecule has 1 rings (SSSR count). The lowest BCUT2D eigenvalue weighted by Crippen LogP contribution is -2.32. The van der Waals surface area contributed by atoms with E-state index in [1.807, 2.05) is 27.7 Å². The van der Waals surface area contributed by atoms with Gasteiger partial charge in [-0.25, -0.2) is 0 Å². The van der Waals surface area contributed by atoms with Gasteiger partial charge in [0.1, 0.15) is 0 Å². The maximum atomic E-state index is 5.10. The number of nitrogens with zero attached hydrogens (tertiary/aromatic N) is 1. The summed E-state index contributed by atoms with van der Waals surface area (Å²) in [6.45, 7) is 12.0. The van der Waals surface area contributed by atoms with Gasteiger partial charge >= 0.3 is 0 Å². The van der Waals surface area contributed by atoms with E-state index in [0.717, 1.165) is 26.3 Å². The van der Waals surface area contributed by atoms with Crippen LogP contribution in [0.2, 0.25) is 0 Å². The van der Waals surface area contributed by atoms with Gasteiger partial charge in [-0.1, -0.05) is 35.1 Å². The first-order valence-corrected chi connectivity index (χ1v) is 4.66. The van der Waals surface area contributed by atoms with Crippen LogP contribution in [0.5, 0.6) is 0 Å². The van der Waals surface area contributed by atoms with Gasteiger partial charge in [0.25, 0.3) is 0 Å². The van der Waals surface area contributed by atoms with Crippen LogP contribution in [0.1, 0.15) is 35.1 Å². The highest BCUT2D eigenvalue weighted by molar-refractivity contribution is 4.53. The smallest absolute Gasteiger partial charge is 0.0594 e. The van der Waals surface area contributed by atoms with Crippen LogP contribution in [-0.4, -0.2) is 38.3 Å². The van der Waals surface area contributed by atoms with E-state index in [1.165, 1.54) is 0 Å². The lowest BCUT2D eigenvalue weighted by molar-refractivity contribution is 0.0503. The first-order chi connectivity index (χ1) is 5.39. The molecule has 1 aliphatic heterocycles. The number of hydrogen-bond acceptors (Lipinski definition) is 2. The van der Waals surface area contributed by atoms with Crippen molar-refractivity contribution in [3.8, 4) is 0 Å². The Balaban J connectivity index is -0.000000144. The molecule has 1 aliphatic rings. The number of rotatable bonds is 0. The third-order valence-electron chi connectivity index (χ3n) is 1.23. The van der Waals surface area contributed by atoms with E-state index >= 15 is 0 Å². The van der Waals surface area contributed by atoms with Gasteiger partial charge in [0.15, 0.2) is 0 Å². The lowest BCUT2D eigenvalue weighted by Gasteiger charge is -2.21. The summed E-state index contributed by atoms with van der Waals surface area (Å²) in [7, 11) is 2.11. The van der Waals surface area contributed by atoms with E-state index in [2.05, 4.69) is 11.9 Å². The fourth-order valence-electron chi connectivity index (χ4n) is 0.655. The van der Waals surface area contributed by atoms with Gasteiger partial charge in [0, 0.05) is 13.1 Å². The second-order valence-corrected chi connectivity index (χ2v) is 1.92. The van der Waals surface area contributed by atoms with Crippen LogP contribution in [-0.2, 0) is 4.74 Å². The molecule has 0 aromatic heterocycles. The summed E-state index contributed by atoms with van der Waals surface area (Å²) in [5.74, 6) is 0. The molecule has 0 aromatic rings. The summed E-state index contributed by atoms with van der Waals surface area (Å²) in [5, 5.41) is 0. The molecule has 0 bridgehead atoms. The van der Waals surface area contributed by atoms with Crippen LogP contribution in [0, 0.1) is 0 Å². The number of hydrogen-bond donors (Lipinski definition) is 0. The quantitative estimate of drug-likeness (QED) is 0.564. The predicted molar refractivity (Wildman–Crippen MR) is 57.7 cm³/mol. The highest BCUT2D eigenvalue weighted by atomic mass is 16.5. The van der Waals surface area contributed by atoms with Crippen molar-refractivity contribution in [1.29, 1.82) is 0 Å². The first kappa shape index (κ1) is 17.9. The molecule has 2 heteroatoms. The molecule has 0 saturated carbocycles. The minimum atomic E-state index is 0. The van der Waals surface area contributed by atoms with E-state index in [0.29, 0.717) is 0 Å². The minimum Gasteiger partial charge on any atom is -0.379 e. The summed E-state index contributed by atoms with van der Waals surface area (Å²) in [6.07, 6.45) is 0. The Bertz CT molecular complexity index is 51.8. The minimum absolute atomic E-state index is 0. The molecule has 1 saturated heterocycles. The second kappa shape index (κ2) is 17.1. The van der Waals surface area contributed by atoms with Gasteiger partial charge in [-0.3, -0.25) is 0 Å². The van der Waals surface area contributed by atoms with Gasteiger partial charge in [-0.2, -0.15) is 0 Å². The molecule has 0 aliphatic carbocycles. The fourth-order valence-corrected chi connectivity index (χ4v) is 0.655. The molecule has 0 spiro atoms. The molecule has 2 nitrogen and oxygen atoms in total. The zero-order valence-corrected chi connectivity index (χ0v) is 8.68. The largest absolute Gasteiger partial charge is 0.379 e. The van der Waals surface area contributed by atoms with E-state index < -0.39 is 0 Å². The van der Waals surface area contributed by atoms with Crippen LogP contribution in [0.25, 0.3) is 0 Å². The molecule has 0 aromatic carbocycles. The summed E-state index contributed by atoms with van der Waals surface area (Å²) in [6, 6.07) is 0. The Kier molecular flexibility index (Phi) is 25.5. The van der Waals surface area contributed by atoms with Crippen molar-refractivity contribution in [2.45, 2.75) is 35.1 Å². The Morgan fingerprint density at radius 3 is 1.42 bits per heavy atom. The molecule has 78 valence electrons. The van der Waals surface area contributed by atoms with Crippen molar-refractivity contribution < 1.29 is 4.74 Å². The Hall–Kier alpha value is -0.0800. The van der Waals surface area contributed by atoms with E-state index in [1.54, 1.807) is 0 Å². The van der Waals surface area contributed by atoms with Gasteiger partial charge in [0.2, 0.25) is 0 Å². The normalized spacial score (nSPS) is 15.8. The number of ether oxygens (including phenoxy) is 1. The van der Waals surface area contributed by atoms with E-state index in [4.69, 9.17) is 4.74 Å². The SMILES string of the molecule is C.CC.CC.CN1CCOCC1. The third kappa shape index (κ3) is 12.6. The van der Waals surface area contributed by atoms with Crippen LogP contribution in [0.4, 0.5) is 0 Å². The summed E-state index contributed by atoms with van der Waals surface area (Å²) >= 11 is 0. The van der Waals surface area contributed by atoms with E-state index in [9.17, 15) is 0 Å². The van der Waals surface area contributed by atoms with Crippen molar-refractivity contribution in [3.05, 3.63) is 0 Å². The zero-order valence-electron chi connectivity index (χ0n) is 8.68. The molecule has 0 amide bonds. The summed E-state index contributed by atoms with van der Waals surface area (Å²) < 4.78 is 5.10. The van der Waals surface area contributed by atoms with Gasteiger partial charge in [0.05, 0.1) is 13.2 Å². The number of likely N-dealkylation sites (N-methyl/N-ethyl adjacent to an activating group) is 1. The molecule has 1 heterocycles. The highest BCUT2D eigenvalue weighted by Crippen LogP contribution is 1.89. The van der Waals surface area contributed by atoms with Gasteiger partial charge in [-0.05, 0) is 7.05 Å². The Labute approximate surface area is 78.9 Å². The van der Waals surface area contributed by atoms with Gasteiger partial charge in [-0.15, -0.1) is 0 Å². The fraction of sp³-hybridized carbons (Fsp3) is 1.00. The maximum absolute atomic E-state index is 5.10. The standard InChI is InChI=1S/C5H11NO.2C2H6.CH4/c1-6-2-4-7-5-3-6;2*1-2;/h2-5H2,1H3;2*1-2H3;1H4. The molecule has 0 radical (unpaired) electrons. The van der Waals surface area contributed by atoms with Crippen molar-refractivity contribution >= 4 is 0 Å².